The molecule has 0 saturated carbocycles. The van der Waals surface area contributed by atoms with Crippen LogP contribution >= 0.6 is 0 Å². The average molecular weight is 401 g/mol. The molecule has 0 unspecified atom stereocenters. The van der Waals surface area contributed by atoms with E-state index < -0.39 is 5.56 Å². The lowest BCUT2D eigenvalue weighted by molar-refractivity contribution is 0.0775. The summed E-state index contributed by atoms with van der Waals surface area (Å²) in [5.74, 6) is 0.529. The van der Waals surface area contributed by atoms with Gasteiger partial charge in [0.2, 0.25) is 0 Å². The molecule has 2 heterocycles. The van der Waals surface area contributed by atoms with Crippen molar-refractivity contribution in [2.45, 2.75) is 19.9 Å². The minimum atomic E-state index is -0.497. The third kappa shape index (κ3) is 5.08. The molecule has 3 rings (SSSR count). The van der Waals surface area contributed by atoms with Crippen LogP contribution in [0.15, 0.2) is 35.3 Å². The molecule has 8 nitrogen and oxygen atoms in total. The fraction of sp³-hybridized carbons (Fsp3) is 0.429. The number of aromatic amines is 1. The maximum absolute atomic E-state index is 12.0. The van der Waals surface area contributed by atoms with Crippen molar-refractivity contribution in [2.75, 3.05) is 39.9 Å². The zero-order valence-electron chi connectivity index (χ0n) is 16.8. The zero-order chi connectivity index (χ0) is 20.8. The maximum atomic E-state index is 12.0. The van der Waals surface area contributed by atoms with Crippen LogP contribution in [0.3, 0.4) is 0 Å². The number of carbonyl (C=O) groups excluding carboxylic acids is 1. The second-order valence-electron chi connectivity index (χ2n) is 6.96. The Morgan fingerprint density at radius 3 is 2.48 bits per heavy atom. The van der Waals surface area contributed by atoms with Crippen LogP contribution in [0.25, 0.3) is 0 Å². The second kappa shape index (κ2) is 9.47. The molecule has 0 bridgehead atoms. The van der Waals surface area contributed by atoms with Gasteiger partial charge in [0, 0.05) is 44.5 Å². The maximum Gasteiger partial charge on any atom is 0.409 e. The van der Waals surface area contributed by atoms with E-state index in [0.717, 1.165) is 16.9 Å². The summed E-state index contributed by atoms with van der Waals surface area (Å²) in [7, 11) is 1.62. The highest BCUT2D eigenvalue weighted by Gasteiger charge is 2.24. The van der Waals surface area contributed by atoms with Crippen LogP contribution in [0.2, 0.25) is 0 Å². The molecule has 1 aliphatic rings. The van der Waals surface area contributed by atoms with E-state index in [1.807, 2.05) is 24.3 Å². The third-order valence-electron chi connectivity index (χ3n) is 5.10. The molecule has 0 atom stereocenters. The SMILES string of the molecule is CCOC(=O)N1CCN(Cc2c(Cc3ccc(OC)cc3)c[nH]c(=O)c2O)CC1. The molecule has 8 heteroatoms. The van der Waals surface area contributed by atoms with Crippen molar-refractivity contribution in [1.82, 2.24) is 14.8 Å². The molecule has 156 valence electrons. The number of aromatic hydroxyl groups is 1. The van der Waals surface area contributed by atoms with Gasteiger partial charge in [0.05, 0.1) is 13.7 Å². The molecule has 29 heavy (non-hydrogen) atoms. The van der Waals surface area contributed by atoms with Crippen molar-refractivity contribution >= 4 is 6.09 Å². The standard InChI is InChI=1S/C21H27N3O5/c1-3-29-21(27)24-10-8-23(9-11-24)14-18-16(13-22-20(26)19(18)25)12-15-4-6-17(28-2)7-5-15/h4-7,13,25H,3,8-12,14H2,1-2H3,(H,22,26). The lowest BCUT2D eigenvalue weighted by Crippen LogP contribution is -2.48. The summed E-state index contributed by atoms with van der Waals surface area (Å²) in [6, 6.07) is 7.69. The molecule has 0 spiro atoms. The van der Waals surface area contributed by atoms with E-state index in [9.17, 15) is 14.7 Å². The lowest BCUT2D eigenvalue weighted by atomic mass is 10.0. The Morgan fingerprint density at radius 2 is 1.86 bits per heavy atom. The van der Waals surface area contributed by atoms with Gasteiger partial charge in [-0.3, -0.25) is 9.69 Å². The summed E-state index contributed by atoms with van der Waals surface area (Å²) in [6.07, 6.45) is 1.94. The van der Waals surface area contributed by atoms with Crippen molar-refractivity contribution in [1.29, 1.82) is 0 Å². The Morgan fingerprint density at radius 1 is 1.17 bits per heavy atom. The van der Waals surface area contributed by atoms with E-state index in [0.29, 0.717) is 51.3 Å². The summed E-state index contributed by atoms with van der Waals surface area (Å²) in [4.78, 5) is 30.2. The largest absolute Gasteiger partial charge is 0.503 e. The van der Waals surface area contributed by atoms with Gasteiger partial charge < -0.3 is 24.5 Å². The Bertz CT molecular complexity index is 886. The minimum Gasteiger partial charge on any atom is -0.503 e. The summed E-state index contributed by atoms with van der Waals surface area (Å²) >= 11 is 0. The highest BCUT2D eigenvalue weighted by Crippen LogP contribution is 2.23. The molecule has 1 aromatic carbocycles. The van der Waals surface area contributed by atoms with Crippen LogP contribution in [0.4, 0.5) is 4.79 Å². The Kier molecular flexibility index (Phi) is 6.77. The van der Waals surface area contributed by atoms with Gasteiger partial charge in [-0.25, -0.2) is 4.79 Å². The van der Waals surface area contributed by atoms with Gasteiger partial charge in [-0.05, 0) is 36.6 Å². The number of hydrogen-bond acceptors (Lipinski definition) is 6. The molecule has 1 saturated heterocycles. The number of piperazine rings is 1. The van der Waals surface area contributed by atoms with Gasteiger partial charge in [0.25, 0.3) is 5.56 Å². The number of benzene rings is 1. The average Bonchev–Trinajstić information content (AvgIpc) is 2.74. The number of methoxy groups -OCH3 is 1. The first-order chi connectivity index (χ1) is 14.0. The molecule has 1 aromatic heterocycles. The molecular weight excluding hydrogens is 374 g/mol. The van der Waals surface area contributed by atoms with Crippen molar-refractivity contribution in [2.24, 2.45) is 0 Å². The number of nitrogens with one attached hydrogen (secondary N) is 1. The number of rotatable bonds is 6. The number of ether oxygens (including phenoxy) is 2. The fourth-order valence-electron chi connectivity index (χ4n) is 3.42. The fourth-order valence-corrected chi connectivity index (χ4v) is 3.42. The lowest BCUT2D eigenvalue weighted by Gasteiger charge is -2.34. The summed E-state index contributed by atoms with van der Waals surface area (Å²) in [5, 5.41) is 10.4. The first-order valence-corrected chi connectivity index (χ1v) is 9.71. The van der Waals surface area contributed by atoms with Crippen LogP contribution < -0.4 is 10.3 Å². The van der Waals surface area contributed by atoms with E-state index in [2.05, 4.69) is 9.88 Å². The highest BCUT2D eigenvalue weighted by atomic mass is 16.6. The molecular formula is C21H27N3O5. The summed E-state index contributed by atoms with van der Waals surface area (Å²) < 4.78 is 10.2. The predicted octanol–water partition coefficient (Wildman–Crippen LogP) is 1.95. The van der Waals surface area contributed by atoms with Crippen molar-refractivity contribution < 1.29 is 19.4 Å². The van der Waals surface area contributed by atoms with Crippen LogP contribution in [-0.2, 0) is 17.7 Å². The molecule has 1 fully saturated rings. The number of hydrogen-bond donors (Lipinski definition) is 2. The molecule has 0 radical (unpaired) electrons. The van der Waals surface area contributed by atoms with Crippen LogP contribution in [0.5, 0.6) is 11.5 Å². The van der Waals surface area contributed by atoms with Gasteiger partial charge in [-0.15, -0.1) is 0 Å². The number of nitrogens with zero attached hydrogens (tertiary/aromatic N) is 2. The van der Waals surface area contributed by atoms with Gasteiger partial charge in [0.1, 0.15) is 5.75 Å². The van der Waals surface area contributed by atoms with E-state index in [-0.39, 0.29) is 11.8 Å². The molecule has 1 amide bonds. The van der Waals surface area contributed by atoms with E-state index in [1.165, 1.54) is 0 Å². The van der Waals surface area contributed by atoms with E-state index >= 15 is 0 Å². The van der Waals surface area contributed by atoms with Crippen LogP contribution in [0.1, 0.15) is 23.6 Å². The van der Waals surface area contributed by atoms with Crippen molar-refractivity contribution in [3.8, 4) is 11.5 Å². The molecule has 0 aliphatic carbocycles. The zero-order valence-corrected chi connectivity index (χ0v) is 16.8. The van der Waals surface area contributed by atoms with Crippen LogP contribution in [-0.4, -0.2) is 65.9 Å². The molecule has 1 aliphatic heterocycles. The number of carbonyl (C=O) groups is 1. The molecule has 2 aromatic rings. The third-order valence-corrected chi connectivity index (χ3v) is 5.10. The number of H-pyrrole nitrogens is 1. The summed E-state index contributed by atoms with van der Waals surface area (Å²) in [6.45, 7) is 4.98. The monoisotopic (exact) mass is 401 g/mol. The number of aromatic nitrogens is 1. The topological polar surface area (TPSA) is 95.1 Å². The number of amides is 1. The smallest absolute Gasteiger partial charge is 0.409 e. The van der Waals surface area contributed by atoms with Crippen molar-refractivity contribution in [3.63, 3.8) is 0 Å². The van der Waals surface area contributed by atoms with Gasteiger partial charge in [-0.2, -0.15) is 0 Å². The number of pyridine rings is 1. The Balaban J connectivity index is 1.72. The first kappa shape index (κ1) is 20.7. The first-order valence-electron chi connectivity index (χ1n) is 9.71. The van der Waals surface area contributed by atoms with E-state index in [4.69, 9.17) is 9.47 Å². The van der Waals surface area contributed by atoms with Crippen LogP contribution in [0, 0.1) is 0 Å². The minimum absolute atomic E-state index is 0.246. The highest BCUT2D eigenvalue weighted by molar-refractivity contribution is 5.67. The Labute approximate surface area is 169 Å². The van der Waals surface area contributed by atoms with E-state index in [1.54, 1.807) is 25.1 Å². The Hall–Kier alpha value is -3.00. The van der Waals surface area contributed by atoms with Gasteiger partial charge in [0.15, 0.2) is 5.75 Å². The second-order valence-corrected chi connectivity index (χ2v) is 6.96. The quantitative estimate of drug-likeness (QED) is 0.768. The molecule has 2 N–H and O–H groups in total. The van der Waals surface area contributed by atoms with Crippen molar-refractivity contribution in [3.05, 3.63) is 57.5 Å². The normalized spacial score (nSPS) is 14.6. The predicted molar refractivity (Wildman–Crippen MR) is 108 cm³/mol. The summed E-state index contributed by atoms with van der Waals surface area (Å²) in [5.41, 5.74) is 2.03. The van der Waals surface area contributed by atoms with Gasteiger partial charge >= 0.3 is 6.09 Å². The van der Waals surface area contributed by atoms with Gasteiger partial charge in [-0.1, -0.05) is 12.1 Å².